The van der Waals surface area contributed by atoms with Gasteiger partial charge in [-0.05, 0) is 6.92 Å². The lowest BCUT2D eigenvalue weighted by molar-refractivity contribution is 0.248. The summed E-state index contributed by atoms with van der Waals surface area (Å²) in [4.78, 5) is 15.5. The third-order valence-electron chi connectivity index (χ3n) is 2.18. The molecule has 0 bridgehead atoms. The standard InChI is InChI=1S/C10H14N6O/c1-8(6-16-3-2-11-7-16)14-10(17)15-9-4-12-13-5-9/h2-5,7-8H,6H2,1H3,(H,12,13)(H2,14,15,17). The van der Waals surface area contributed by atoms with Gasteiger partial charge in [-0.3, -0.25) is 5.10 Å². The summed E-state index contributed by atoms with van der Waals surface area (Å²) < 4.78 is 1.91. The maximum absolute atomic E-state index is 11.6. The maximum Gasteiger partial charge on any atom is 0.319 e. The van der Waals surface area contributed by atoms with E-state index in [9.17, 15) is 4.79 Å². The largest absolute Gasteiger partial charge is 0.335 e. The summed E-state index contributed by atoms with van der Waals surface area (Å²) in [6, 6.07) is -0.241. The van der Waals surface area contributed by atoms with Gasteiger partial charge in [0.05, 0.1) is 18.2 Å². The van der Waals surface area contributed by atoms with Crippen molar-refractivity contribution in [2.45, 2.75) is 19.5 Å². The van der Waals surface area contributed by atoms with Crippen molar-refractivity contribution in [2.24, 2.45) is 0 Å². The van der Waals surface area contributed by atoms with Crippen molar-refractivity contribution in [3.63, 3.8) is 0 Å². The van der Waals surface area contributed by atoms with E-state index in [1.165, 1.54) is 0 Å². The number of amides is 2. The Labute approximate surface area is 98.2 Å². The summed E-state index contributed by atoms with van der Waals surface area (Å²) in [7, 11) is 0. The van der Waals surface area contributed by atoms with Gasteiger partial charge in [0.1, 0.15) is 0 Å². The molecule has 0 fully saturated rings. The fraction of sp³-hybridized carbons (Fsp3) is 0.300. The molecule has 0 radical (unpaired) electrons. The maximum atomic E-state index is 11.6. The summed E-state index contributed by atoms with van der Waals surface area (Å²) in [5, 5.41) is 11.8. The normalized spacial score (nSPS) is 12.1. The van der Waals surface area contributed by atoms with Gasteiger partial charge in [0.2, 0.25) is 0 Å². The van der Waals surface area contributed by atoms with Crippen molar-refractivity contribution in [2.75, 3.05) is 5.32 Å². The number of H-pyrrole nitrogens is 1. The Balaban J connectivity index is 1.78. The molecule has 7 nitrogen and oxygen atoms in total. The highest BCUT2D eigenvalue weighted by Gasteiger charge is 2.07. The monoisotopic (exact) mass is 234 g/mol. The number of aromatic nitrogens is 4. The molecule has 0 aliphatic carbocycles. The van der Waals surface area contributed by atoms with Crippen molar-refractivity contribution in [3.8, 4) is 0 Å². The predicted octanol–water partition coefficient (Wildman–Crippen LogP) is 0.816. The average molecular weight is 234 g/mol. The van der Waals surface area contributed by atoms with E-state index in [0.29, 0.717) is 12.2 Å². The molecule has 0 saturated carbocycles. The zero-order valence-corrected chi connectivity index (χ0v) is 9.42. The summed E-state index contributed by atoms with van der Waals surface area (Å²) >= 11 is 0. The van der Waals surface area contributed by atoms with Crippen LogP contribution >= 0.6 is 0 Å². The Morgan fingerprint density at radius 2 is 2.53 bits per heavy atom. The van der Waals surface area contributed by atoms with Crippen LogP contribution in [0, 0.1) is 0 Å². The minimum Gasteiger partial charge on any atom is -0.335 e. The molecule has 0 saturated heterocycles. The third kappa shape index (κ3) is 3.33. The van der Waals surface area contributed by atoms with Crippen LogP contribution in [0.25, 0.3) is 0 Å². The van der Waals surface area contributed by atoms with E-state index < -0.39 is 0 Å². The molecule has 1 unspecified atom stereocenters. The van der Waals surface area contributed by atoms with E-state index in [1.807, 2.05) is 17.7 Å². The molecule has 0 aliphatic heterocycles. The first-order valence-electron chi connectivity index (χ1n) is 5.26. The summed E-state index contributed by atoms with van der Waals surface area (Å²) in [5.41, 5.74) is 0.636. The second-order valence-electron chi connectivity index (χ2n) is 3.75. The number of hydrogen-bond acceptors (Lipinski definition) is 3. The average Bonchev–Trinajstić information content (AvgIpc) is 2.90. The van der Waals surface area contributed by atoms with Crippen LogP contribution in [-0.4, -0.2) is 31.8 Å². The second kappa shape index (κ2) is 5.15. The van der Waals surface area contributed by atoms with Crippen LogP contribution in [0.2, 0.25) is 0 Å². The molecule has 3 N–H and O–H groups in total. The molecule has 0 aliphatic rings. The number of hydrogen-bond donors (Lipinski definition) is 3. The van der Waals surface area contributed by atoms with Gasteiger partial charge in [-0.1, -0.05) is 0 Å². The third-order valence-corrected chi connectivity index (χ3v) is 2.18. The highest BCUT2D eigenvalue weighted by Crippen LogP contribution is 2.00. The Morgan fingerprint density at radius 1 is 1.65 bits per heavy atom. The first-order chi connectivity index (χ1) is 8.24. The molecule has 2 amide bonds. The molecular formula is C10H14N6O. The topological polar surface area (TPSA) is 87.6 Å². The van der Waals surface area contributed by atoms with Crippen molar-refractivity contribution in [3.05, 3.63) is 31.1 Å². The van der Waals surface area contributed by atoms with Crippen molar-refractivity contribution in [1.82, 2.24) is 25.1 Å². The lowest BCUT2D eigenvalue weighted by Crippen LogP contribution is -2.38. The van der Waals surface area contributed by atoms with Crippen LogP contribution in [0.15, 0.2) is 31.1 Å². The van der Waals surface area contributed by atoms with Crippen LogP contribution in [-0.2, 0) is 6.54 Å². The first-order valence-corrected chi connectivity index (χ1v) is 5.26. The fourth-order valence-electron chi connectivity index (χ4n) is 1.47. The molecule has 7 heteroatoms. The lowest BCUT2D eigenvalue weighted by atomic mass is 10.3. The molecule has 2 aromatic rings. The van der Waals surface area contributed by atoms with Gasteiger partial charge in [0.15, 0.2) is 0 Å². The summed E-state index contributed by atoms with van der Waals surface area (Å²) in [6.07, 6.45) is 8.43. The zero-order valence-electron chi connectivity index (χ0n) is 9.42. The Bertz CT molecular complexity index is 449. The molecular weight excluding hydrogens is 220 g/mol. The summed E-state index contributed by atoms with van der Waals surface area (Å²) in [6.45, 7) is 2.60. The highest BCUT2D eigenvalue weighted by atomic mass is 16.2. The quantitative estimate of drug-likeness (QED) is 0.731. The van der Waals surface area contributed by atoms with Crippen LogP contribution in [0.5, 0.6) is 0 Å². The first kappa shape index (κ1) is 11.2. The van der Waals surface area contributed by atoms with Crippen LogP contribution in [0.1, 0.15) is 6.92 Å². The molecule has 2 heterocycles. The second-order valence-corrected chi connectivity index (χ2v) is 3.75. The van der Waals surface area contributed by atoms with Crippen molar-refractivity contribution in [1.29, 1.82) is 0 Å². The van der Waals surface area contributed by atoms with E-state index in [1.54, 1.807) is 24.9 Å². The van der Waals surface area contributed by atoms with Gasteiger partial charge >= 0.3 is 6.03 Å². The zero-order chi connectivity index (χ0) is 12.1. The summed E-state index contributed by atoms with van der Waals surface area (Å²) in [5.74, 6) is 0. The fourth-order valence-corrected chi connectivity index (χ4v) is 1.47. The Morgan fingerprint density at radius 3 is 3.18 bits per heavy atom. The molecule has 2 rings (SSSR count). The van der Waals surface area contributed by atoms with Gasteiger partial charge in [-0.15, -0.1) is 0 Å². The number of anilines is 1. The van der Waals surface area contributed by atoms with Crippen LogP contribution < -0.4 is 10.6 Å². The Kier molecular flexibility index (Phi) is 3.39. The number of urea groups is 1. The number of nitrogens with zero attached hydrogens (tertiary/aromatic N) is 3. The minimum atomic E-state index is -0.251. The number of carbonyl (C=O) groups is 1. The molecule has 90 valence electrons. The van der Waals surface area contributed by atoms with Gasteiger partial charge < -0.3 is 15.2 Å². The van der Waals surface area contributed by atoms with E-state index in [0.717, 1.165) is 0 Å². The SMILES string of the molecule is CC(Cn1ccnc1)NC(=O)Nc1cn[nH]c1. The molecule has 17 heavy (non-hydrogen) atoms. The number of imidazole rings is 1. The molecule has 2 aromatic heterocycles. The van der Waals surface area contributed by atoms with Gasteiger partial charge in [-0.25, -0.2) is 9.78 Å². The van der Waals surface area contributed by atoms with Crippen molar-refractivity contribution < 1.29 is 4.79 Å². The van der Waals surface area contributed by atoms with Gasteiger partial charge in [0.25, 0.3) is 0 Å². The van der Waals surface area contributed by atoms with Gasteiger partial charge in [0, 0.05) is 31.2 Å². The predicted molar refractivity (Wildman–Crippen MR) is 62.4 cm³/mol. The lowest BCUT2D eigenvalue weighted by Gasteiger charge is -2.14. The van der Waals surface area contributed by atoms with E-state index in [4.69, 9.17) is 0 Å². The van der Waals surface area contributed by atoms with E-state index in [-0.39, 0.29) is 12.1 Å². The molecule has 0 aromatic carbocycles. The van der Waals surface area contributed by atoms with E-state index >= 15 is 0 Å². The minimum absolute atomic E-state index is 0.0103. The Hall–Kier alpha value is -2.31. The van der Waals surface area contributed by atoms with Crippen LogP contribution in [0.3, 0.4) is 0 Å². The number of aromatic amines is 1. The number of rotatable bonds is 4. The highest BCUT2D eigenvalue weighted by molar-refractivity contribution is 5.88. The molecule has 0 spiro atoms. The van der Waals surface area contributed by atoms with Crippen molar-refractivity contribution >= 4 is 11.7 Å². The number of carbonyl (C=O) groups excluding carboxylic acids is 1. The van der Waals surface area contributed by atoms with Gasteiger partial charge in [-0.2, -0.15) is 5.10 Å². The van der Waals surface area contributed by atoms with Crippen LogP contribution in [0.4, 0.5) is 10.5 Å². The van der Waals surface area contributed by atoms with E-state index in [2.05, 4.69) is 25.8 Å². The molecule has 1 atom stereocenters. The number of nitrogens with one attached hydrogen (secondary N) is 3. The smallest absolute Gasteiger partial charge is 0.319 e.